The molecule has 12 nitrogen and oxygen atoms in total. The van der Waals surface area contributed by atoms with Gasteiger partial charge < -0.3 is 20.3 Å². The number of nitrogens with one attached hydrogen (secondary N) is 1. The van der Waals surface area contributed by atoms with Crippen LogP contribution in [-0.2, 0) is 19.3 Å². The second-order valence-corrected chi connectivity index (χ2v) is 8.48. The summed E-state index contributed by atoms with van der Waals surface area (Å²) in [4.78, 5) is 12.7. The van der Waals surface area contributed by atoms with Crippen molar-refractivity contribution in [3.05, 3.63) is 11.6 Å². The third-order valence-electron chi connectivity index (χ3n) is 5.08. The largest absolute Gasteiger partial charge is 0.397 e. The van der Waals surface area contributed by atoms with Gasteiger partial charge in [-0.25, -0.2) is 9.17 Å². The summed E-state index contributed by atoms with van der Waals surface area (Å²) in [5.74, 6) is 0.463. The average molecular weight is 450 g/mol. The van der Waals surface area contributed by atoms with E-state index in [0.29, 0.717) is 11.3 Å². The molecule has 0 aromatic carbocycles. The number of nitrogens with zero attached hydrogens (tertiary/aromatic N) is 4. The zero-order valence-electron chi connectivity index (χ0n) is 15.0. The van der Waals surface area contributed by atoms with Crippen molar-refractivity contribution >= 4 is 39.0 Å². The Bertz CT molecular complexity index is 996. The Morgan fingerprint density at radius 1 is 1.28 bits per heavy atom. The molecule has 1 aliphatic heterocycles. The van der Waals surface area contributed by atoms with Crippen molar-refractivity contribution in [3.63, 3.8) is 0 Å². The van der Waals surface area contributed by atoms with E-state index in [4.69, 9.17) is 20.9 Å². The van der Waals surface area contributed by atoms with Crippen LogP contribution in [0.4, 0.5) is 5.82 Å². The molecule has 4 rings (SSSR count). The van der Waals surface area contributed by atoms with Crippen LogP contribution >= 0.6 is 11.6 Å². The number of aliphatic hydroxyl groups is 2. The summed E-state index contributed by atoms with van der Waals surface area (Å²) >= 11 is 6.07. The van der Waals surface area contributed by atoms with E-state index in [2.05, 4.69) is 24.5 Å². The molecule has 4 N–H and O–H groups in total. The van der Waals surface area contributed by atoms with Crippen LogP contribution in [0.1, 0.15) is 31.9 Å². The molecule has 2 aromatic rings. The van der Waals surface area contributed by atoms with Crippen LogP contribution in [-0.4, -0.2) is 73.7 Å². The predicted molar refractivity (Wildman–Crippen MR) is 99.6 cm³/mol. The van der Waals surface area contributed by atoms with Crippen molar-refractivity contribution in [2.45, 2.75) is 56.3 Å². The Morgan fingerprint density at radius 3 is 2.69 bits per heavy atom. The van der Waals surface area contributed by atoms with E-state index in [9.17, 15) is 18.6 Å². The first kappa shape index (κ1) is 20.7. The molecule has 2 fully saturated rings. The number of anilines is 1. The van der Waals surface area contributed by atoms with Gasteiger partial charge in [0.25, 0.3) is 0 Å². The van der Waals surface area contributed by atoms with Gasteiger partial charge in [0.15, 0.2) is 23.2 Å². The van der Waals surface area contributed by atoms with Crippen LogP contribution in [0.2, 0.25) is 5.28 Å². The first-order chi connectivity index (χ1) is 13.7. The molecule has 0 unspecified atom stereocenters. The standard InChI is InChI=1S/C15H20ClN5O7S/c16-15-19-12(18-7-3-1-2-4-7)9-13(20-15)21(6-17-9)14-11(23)10(22)8(28-14)5-27-29(24,25)26/h6-8,10-11,14,22-23H,1-5H2,(H,18,19,20)(H,24,25,26)/t8-,10-,11-,14-/m1/s1. The quantitative estimate of drug-likeness (QED) is 0.352. The first-order valence-electron chi connectivity index (χ1n) is 9.03. The summed E-state index contributed by atoms with van der Waals surface area (Å²) in [7, 11) is -4.72. The predicted octanol–water partition coefficient (Wildman–Crippen LogP) is 0.273. The van der Waals surface area contributed by atoms with Crippen LogP contribution in [0, 0.1) is 0 Å². The Morgan fingerprint density at radius 2 is 2.00 bits per heavy atom. The number of fused-ring (bicyclic) bond motifs is 1. The Labute approximate surface area is 170 Å². The minimum absolute atomic E-state index is 0.0287. The van der Waals surface area contributed by atoms with Gasteiger partial charge in [-0.1, -0.05) is 12.8 Å². The van der Waals surface area contributed by atoms with Gasteiger partial charge in [0.05, 0.1) is 12.9 Å². The number of aliphatic hydroxyl groups excluding tert-OH is 2. The van der Waals surface area contributed by atoms with Crippen LogP contribution in [0.15, 0.2) is 6.33 Å². The van der Waals surface area contributed by atoms with Crippen LogP contribution in [0.3, 0.4) is 0 Å². The van der Waals surface area contributed by atoms with E-state index >= 15 is 0 Å². The molecule has 0 radical (unpaired) electrons. The van der Waals surface area contributed by atoms with Crippen molar-refractivity contribution < 1.29 is 32.1 Å². The number of ether oxygens (including phenoxy) is 1. The molecule has 1 aliphatic carbocycles. The fraction of sp³-hybridized carbons (Fsp3) is 0.667. The highest BCUT2D eigenvalue weighted by molar-refractivity contribution is 7.80. The van der Waals surface area contributed by atoms with E-state index < -0.39 is 41.5 Å². The molecular formula is C15H20ClN5O7S. The smallest absolute Gasteiger partial charge is 0.387 e. The molecule has 0 spiro atoms. The van der Waals surface area contributed by atoms with Gasteiger partial charge in [-0.05, 0) is 24.4 Å². The van der Waals surface area contributed by atoms with Gasteiger partial charge in [0.1, 0.15) is 18.3 Å². The minimum atomic E-state index is -4.72. The molecule has 1 saturated carbocycles. The van der Waals surface area contributed by atoms with Crippen molar-refractivity contribution in [2.24, 2.45) is 0 Å². The molecule has 1 saturated heterocycles. The van der Waals surface area contributed by atoms with E-state index in [0.717, 1.165) is 25.7 Å². The minimum Gasteiger partial charge on any atom is -0.387 e. The fourth-order valence-corrected chi connectivity index (χ4v) is 4.16. The lowest BCUT2D eigenvalue weighted by molar-refractivity contribution is -0.0477. The number of hydrogen-bond acceptors (Lipinski definition) is 10. The zero-order valence-corrected chi connectivity index (χ0v) is 16.6. The fourth-order valence-electron chi connectivity index (χ4n) is 3.69. The SMILES string of the molecule is O=S(=O)(O)OC[C@H]1O[C@@H](n2cnc3c(NC4CCCC4)nc(Cl)nc32)[C@H](O)[C@@H]1O. The topological polar surface area (TPSA) is 169 Å². The van der Waals surface area contributed by atoms with Crippen LogP contribution in [0.25, 0.3) is 11.2 Å². The highest BCUT2D eigenvalue weighted by Crippen LogP contribution is 2.33. The molecular weight excluding hydrogens is 430 g/mol. The van der Waals surface area contributed by atoms with E-state index in [-0.39, 0.29) is 17.0 Å². The number of aromatic nitrogens is 4. The third-order valence-corrected chi connectivity index (χ3v) is 5.69. The zero-order chi connectivity index (χ0) is 20.8. The van der Waals surface area contributed by atoms with Crippen molar-refractivity contribution in [1.29, 1.82) is 0 Å². The lowest BCUT2D eigenvalue weighted by atomic mass is 10.1. The van der Waals surface area contributed by atoms with Gasteiger partial charge >= 0.3 is 10.4 Å². The maximum Gasteiger partial charge on any atom is 0.397 e. The molecule has 0 amide bonds. The Hall–Kier alpha value is -1.61. The van der Waals surface area contributed by atoms with Crippen molar-refractivity contribution in [2.75, 3.05) is 11.9 Å². The van der Waals surface area contributed by atoms with Gasteiger partial charge in [-0.2, -0.15) is 18.4 Å². The molecule has 0 bridgehead atoms. The van der Waals surface area contributed by atoms with Gasteiger partial charge in [-0.15, -0.1) is 0 Å². The van der Waals surface area contributed by atoms with Gasteiger partial charge in [0.2, 0.25) is 5.28 Å². The molecule has 3 heterocycles. The van der Waals surface area contributed by atoms with Crippen LogP contribution < -0.4 is 5.32 Å². The summed E-state index contributed by atoms with van der Waals surface area (Å²) in [6, 6.07) is 0.256. The van der Waals surface area contributed by atoms with Gasteiger partial charge in [-0.3, -0.25) is 9.12 Å². The summed E-state index contributed by atoms with van der Waals surface area (Å²) < 4.78 is 41.4. The number of hydrogen-bond donors (Lipinski definition) is 4. The normalized spacial score (nSPS) is 28.4. The molecule has 160 valence electrons. The molecule has 2 aliphatic rings. The lowest BCUT2D eigenvalue weighted by Crippen LogP contribution is -2.34. The molecule has 4 atom stereocenters. The number of halogens is 1. The van der Waals surface area contributed by atoms with Crippen molar-refractivity contribution in [1.82, 2.24) is 19.5 Å². The second kappa shape index (κ2) is 7.91. The summed E-state index contributed by atoms with van der Waals surface area (Å²) in [6.45, 7) is -0.676. The Kier molecular flexibility index (Phi) is 5.63. The van der Waals surface area contributed by atoms with E-state index in [1.54, 1.807) is 0 Å². The summed E-state index contributed by atoms with van der Waals surface area (Å²) in [5.41, 5.74) is 0.697. The summed E-state index contributed by atoms with van der Waals surface area (Å²) in [5, 5.41) is 23.8. The lowest BCUT2D eigenvalue weighted by Gasteiger charge is -2.17. The number of imidazole rings is 1. The van der Waals surface area contributed by atoms with Gasteiger partial charge in [0, 0.05) is 6.04 Å². The maximum atomic E-state index is 10.8. The first-order valence-corrected chi connectivity index (χ1v) is 10.8. The number of rotatable bonds is 6. The highest BCUT2D eigenvalue weighted by Gasteiger charge is 2.45. The second-order valence-electron chi connectivity index (χ2n) is 7.05. The highest BCUT2D eigenvalue weighted by atomic mass is 35.5. The van der Waals surface area contributed by atoms with Crippen molar-refractivity contribution in [3.8, 4) is 0 Å². The average Bonchev–Trinajstić information content (AvgIpc) is 3.35. The molecule has 29 heavy (non-hydrogen) atoms. The third kappa shape index (κ3) is 4.30. The molecule has 14 heteroatoms. The van der Waals surface area contributed by atoms with Crippen LogP contribution in [0.5, 0.6) is 0 Å². The summed E-state index contributed by atoms with van der Waals surface area (Å²) in [6.07, 6.45) is 0.406. The Balaban J connectivity index is 1.61. The van der Waals surface area contributed by atoms with E-state index in [1.807, 2.05) is 0 Å². The van der Waals surface area contributed by atoms with E-state index in [1.165, 1.54) is 10.9 Å². The molecule has 2 aromatic heterocycles. The monoisotopic (exact) mass is 449 g/mol. The maximum absolute atomic E-state index is 10.8.